The predicted molar refractivity (Wildman–Crippen MR) is 172 cm³/mol. The number of aliphatic hydroxyl groups is 2. The van der Waals surface area contributed by atoms with Crippen LogP contribution in [0, 0.1) is 0 Å². The van der Waals surface area contributed by atoms with Crippen LogP contribution in [0.3, 0.4) is 0 Å². The van der Waals surface area contributed by atoms with E-state index in [1.165, 1.54) is 0 Å². The minimum absolute atomic E-state index is 0.170. The lowest BCUT2D eigenvalue weighted by molar-refractivity contribution is -0.273. The third-order valence-corrected chi connectivity index (χ3v) is 8.08. The minimum atomic E-state index is -1.32. The summed E-state index contributed by atoms with van der Waals surface area (Å²) in [5.74, 6) is 2.19. The summed E-state index contributed by atoms with van der Waals surface area (Å²) in [6.45, 7) is 0.788. The van der Waals surface area contributed by atoms with Crippen LogP contribution in [0.2, 0.25) is 0 Å². The van der Waals surface area contributed by atoms with E-state index in [1.54, 1.807) is 21.3 Å². The fourth-order valence-corrected chi connectivity index (χ4v) is 5.43. The second kappa shape index (κ2) is 16.6. The molecule has 0 aliphatic heterocycles. The van der Waals surface area contributed by atoms with Gasteiger partial charge in [0.25, 0.3) is 0 Å². The lowest BCUT2D eigenvalue weighted by atomic mass is 9.84. The van der Waals surface area contributed by atoms with Crippen LogP contribution in [0.1, 0.15) is 22.3 Å². The van der Waals surface area contributed by atoms with Crippen molar-refractivity contribution in [2.24, 2.45) is 0 Å². The molecule has 1 aliphatic rings. The first-order valence-corrected chi connectivity index (χ1v) is 15.2. The maximum Gasteiger partial charge on any atom is 0.118 e. The molecule has 0 amide bonds. The summed E-state index contributed by atoms with van der Waals surface area (Å²) in [7, 11) is 4.84. The molecule has 0 bridgehead atoms. The van der Waals surface area contributed by atoms with Crippen LogP contribution >= 0.6 is 0 Å². The molecule has 2 N–H and O–H groups in total. The summed E-state index contributed by atoms with van der Waals surface area (Å²) in [5, 5.41) is 23.0. The van der Waals surface area contributed by atoms with Gasteiger partial charge in [0, 0.05) is 0 Å². The number of hydrogen-bond acceptors (Lipinski definition) is 9. The van der Waals surface area contributed by atoms with Crippen molar-refractivity contribution >= 4 is 0 Å². The molecular formula is C37H42O9. The van der Waals surface area contributed by atoms with E-state index in [9.17, 15) is 10.2 Å². The highest BCUT2D eigenvalue weighted by Gasteiger charge is 2.52. The summed E-state index contributed by atoms with van der Waals surface area (Å²) >= 11 is 0. The molecule has 0 unspecified atom stereocenters. The fourth-order valence-electron chi connectivity index (χ4n) is 5.43. The van der Waals surface area contributed by atoms with E-state index in [2.05, 4.69) is 0 Å². The van der Waals surface area contributed by atoms with Gasteiger partial charge < -0.3 is 43.4 Å². The molecule has 4 aromatic rings. The SMILES string of the molecule is COc1ccc(CO[C@@H]2[C@@H](OCc3ccccc3)[C@H](OCc3ccc(OC)cc3)[C@@H](O)[C@@H](O)[C@H]2OCc2ccc(OC)cc2)cc1. The molecule has 244 valence electrons. The van der Waals surface area contributed by atoms with E-state index in [4.69, 9.17) is 33.2 Å². The lowest BCUT2D eigenvalue weighted by Crippen LogP contribution is -2.66. The Labute approximate surface area is 270 Å². The van der Waals surface area contributed by atoms with Gasteiger partial charge in [0.2, 0.25) is 0 Å². The molecule has 6 atom stereocenters. The summed E-state index contributed by atoms with van der Waals surface area (Å²) in [6.07, 6.45) is -6.10. The van der Waals surface area contributed by atoms with Crippen LogP contribution in [0.15, 0.2) is 103 Å². The zero-order valence-electron chi connectivity index (χ0n) is 26.4. The average Bonchev–Trinajstić information content (AvgIpc) is 3.11. The first-order chi connectivity index (χ1) is 22.5. The van der Waals surface area contributed by atoms with Crippen molar-refractivity contribution in [3.05, 3.63) is 125 Å². The molecule has 0 spiro atoms. The first-order valence-electron chi connectivity index (χ1n) is 15.2. The van der Waals surface area contributed by atoms with Crippen LogP contribution < -0.4 is 14.2 Å². The number of methoxy groups -OCH3 is 3. The Morgan fingerprint density at radius 1 is 0.391 bits per heavy atom. The molecule has 0 radical (unpaired) electrons. The van der Waals surface area contributed by atoms with Gasteiger partial charge in [-0.25, -0.2) is 0 Å². The van der Waals surface area contributed by atoms with Crippen molar-refractivity contribution in [2.75, 3.05) is 21.3 Å². The van der Waals surface area contributed by atoms with Gasteiger partial charge in [0.15, 0.2) is 0 Å². The van der Waals surface area contributed by atoms with E-state index >= 15 is 0 Å². The fraction of sp³-hybridized carbons (Fsp3) is 0.351. The Balaban J connectivity index is 1.42. The van der Waals surface area contributed by atoms with Gasteiger partial charge in [-0.2, -0.15) is 0 Å². The molecule has 4 aromatic carbocycles. The van der Waals surface area contributed by atoms with Gasteiger partial charge in [0.1, 0.15) is 53.9 Å². The summed E-state index contributed by atoms with van der Waals surface area (Å²) in [6, 6.07) is 32.2. The Bertz CT molecular complexity index is 1450. The number of rotatable bonds is 15. The van der Waals surface area contributed by atoms with Crippen LogP contribution in [0.4, 0.5) is 0 Å². The van der Waals surface area contributed by atoms with Crippen molar-refractivity contribution < 1.29 is 43.4 Å². The molecule has 1 saturated carbocycles. The topological polar surface area (TPSA) is 105 Å². The maximum absolute atomic E-state index is 11.5. The van der Waals surface area contributed by atoms with E-state index in [0.29, 0.717) is 0 Å². The smallest absolute Gasteiger partial charge is 0.118 e. The Morgan fingerprint density at radius 3 is 0.978 bits per heavy atom. The highest BCUT2D eigenvalue weighted by molar-refractivity contribution is 5.28. The molecule has 1 aliphatic carbocycles. The molecule has 0 heterocycles. The lowest BCUT2D eigenvalue weighted by Gasteiger charge is -2.47. The monoisotopic (exact) mass is 630 g/mol. The summed E-state index contributed by atoms with van der Waals surface area (Å²) in [4.78, 5) is 0. The quantitative estimate of drug-likeness (QED) is 0.186. The Hall–Kier alpha value is -3.96. The second-order valence-electron chi connectivity index (χ2n) is 11.1. The van der Waals surface area contributed by atoms with E-state index in [1.807, 2.05) is 103 Å². The van der Waals surface area contributed by atoms with Crippen molar-refractivity contribution in [2.45, 2.75) is 63.1 Å². The van der Waals surface area contributed by atoms with Crippen molar-refractivity contribution in [3.8, 4) is 17.2 Å². The summed E-state index contributed by atoms with van der Waals surface area (Å²) < 4.78 is 41.6. The average molecular weight is 631 g/mol. The number of hydrogen-bond donors (Lipinski definition) is 2. The van der Waals surface area contributed by atoms with Crippen LogP contribution in [0.5, 0.6) is 17.2 Å². The zero-order valence-corrected chi connectivity index (χ0v) is 26.4. The first kappa shape index (κ1) is 33.4. The third-order valence-electron chi connectivity index (χ3n) is 8.08. The van der Waals surface area contributed by atoms with Crippen LogP contribution in [0.25, 0.3) is 0 Å². The molecule has 9 heteroatoms. The van der Waals surface area contributed by atoms with E-state index in [-0.39, 0.29) is 26.4 Å². The molecule has 46 heavy (non-hydrogen) atoms. The van der Waals surface area contributed by atoms with E-state index in [0.717, 1.165) is 39.5 Å². The van der Waals surface area contributed by atoms with Crippen molar-refractivity contribution in [1.29, 1.82) is 0 Å². The van der Waals surface area contributed by atoms with Gasteiger partial charge in [-0.05, 0) is 58.7 Å². The molecule has 0 saturated heterocycles. The number of benzene rings is 4. The normalized spacial score (nSPS) is 22.7. The molecule has 5 rings (SSSR count). The standard InChI is InChI=1S/C37H42O9/c1-40-29-15-9-26(10-16-29)22-43-34-32(38)33(39)35(44-23-27-11-17-30(41-2)18-12-27)37(36(34)45-21-25-7-5-4-6-8-25)46-24-28-13-19-31(42-3)20-14-28/h4-20,32-39H,21-24H2,1-3H3/t32-,33+,34+,35+,36-,37-/m0/s1. The molecular weight excluding hydrogens is 588 g/mol. The van der Waals surface area contributed by atoms with Crippen LogP contribution in [-0.4, -0.2) is 68.2 Å². The molecule has 0 aromatic heterocycles. The maximum atomic E-state index is 11.5. The van der Waals surface area contributed by atoms with Crippen LogP contribution in [-0.2, 0) is 45.4 Å². The Morgan fingerprint density at radius 2 is 0.674 bits per heavy atom. The third kappa shape index (κ3) is 8.64. The minimum Gasteiger partial charge on any atom is -0.497 e. The molecule has 1 fully saturated rings. The van der Waals surface area contributed by atoms with Crippen molar-refractivity contribution in [1.82, 2.24) is 0 Å². The second-order valence-corrected chi connectivity index (χ2v) is 11.1. The van der Waals surface area contributed by atoms with Gasteiger partial charge in [0.05, 0.1) is 47.8 Å². The van der Waals surface area contributed by atoms with Gasteiger partial charge >= 0.3 is 0 Å². The highest BCUT2D eigenvalue weighted by Crippen LogP contribution is 2.33. The highest BCUT2D eigenvalue weighted by atomic mass is 16.6. The Kier molecular flexibility index (Phi) is 12.0. The predicted octanol–water partition coefficient (Wildman–Crippen LogP) is 5.09. The molecule has 9 nitrogen and oxygen atoms in total. The zero-order chi connectivity index (χ0) is 32.3. The van der Waals surface area contributed by atoms with E-state index < -0.39 is 36.6 Å². The number of ether oxygens (including phenoxy) is 7. The van der Waals surface area contributed by atoms with Crippen molar-refractivity contribution in [3.63, 3.8) is 0 Å². The number of aliphatic hydroxyl groups excluding tert-OH is 2. The van der Waals surface area contributed by atoms with Gasteiger partial charge in [-0.1, -0.05) is 66.7 Å². The van der Waals surface area contributed by atoms with Gasteiger partial charge in [-0.3, -0.25) is 0 Å². The summed E-state index contributed by atoms with van der Waals surface area (Å²) in [5.41, 5.74) is 3.59. The van der Waals surface area contributed by atoms with Gasteiger partial charge in [-0.15, -0.1) is 0 Å². The largest absolute Gasteiger partial charge is 0.497 e.